The zero-order valence-electron chi connectivity index (χ0n) is 11.4. The molecule has 2 nitrogen and oxygen atoms in total. The van der Waals surface area contributed by atoms with Crippen molar-refractivity contribution in [1.29, 1.82) is 0 Å². The van der Waals surface area contributed by atoms with E-state index >= 15 is 0 Å². The van der Waals surface area contributed by atoms with E-state index in [1.165, 1.54) is 5.56 Å². The Bertz CT molecular complexity index is 543. The lowest BCUT2D eigenvalue weighted by Gasteiger charge is -2.17. The molecular weight excluding hydrogens is 291 g/mol. The molecule has 1 aromatic heterocycles. The zero-order chi connectivity index (χ0) is 14.4. The fraction of sp³-hybridized carbons (Fsp3) is 0.312. The van der Waals surface area contributed by atoms with E-state index in [9.17, 15) is 0 Å². The lowest BCUT2D eigenvalue weighted by atomic mass is 10.0. The first-order valence-electron chi connectivity index (χ1n) is 6.73. The molecule has 1 aromatic carbocycles. The monoisotopic (exact) mass is 308 g/mol. The zero-order valence-corrected chi connectivity index (χ0v) is 13.0. The van der Waals surface area contributed by atoms with Gasteiger partial charge in [-0.15, -0.1) is 0 Å². The van der Waals surface area contributed by atoms with Crippen molar-refractivity contribution in [2.24, 2.45) is 0 Å². The van der Waals surface area contributed by atoms with Crippen LogP contribution < -0.4 is 5.32 Å². The van der Waals surface area contributed by atoms with Crippen LogP contribution in [0.25, 0.3) is 0 Å². The Hall–Kier alpha value is -1.09. The van der Waals surface area contributed by atoms with E-state index in [1.807, 2.05) is 13.1 Å². The van der Waals surface area contributed by atoms with Crippen LogP contribution in [0.2, 0.25) is 10.0 Å². The summed E-state index contributed by atoms with van der Waals surface area (Å²) in [5.41, 5.74) is 2.23. The van der Waals surface area contributed by atoms with Crippen molar-refractivity contribution in [3.63, 3.8) is 0 Å². The number of hydrogen-bond donors (Lipinski definition) is 1. The minimum absolute atomic E-state index is 0.156. The number of nitrogens with zero attached hydrogens (tertiary/aromatic N) is 1. The fourth-order valence-electron chi connectivity index (χ4n) is 2.25. The summed E-state index contributed by atoms with van der Waals surface area (Å²) in [5.74, 6) is 0. The molecule has 4 heteroatoms. The topological polar surface area (TPSA) is 24.9 Å². The molecule has 20 heavy (non-hydrogen) atoms. The molecule has 1 atom stereocenters. The smallest absolute Gasteiger partial charge is 0.0760 e. The first-order valence-corrected chi connectivity index (χ1v) is 7.48. The van der Waals surface area contributed by atoms with Crippen molar-refractivity contribution in [2.45, 2.75) is 25.3 Å². The van der Waals surface area contributed by atoms with Crippen molar-refractivity contribution < 1.29 is 0 Å². The number of halogens is 2. The maximum Gasteiger partial charge on any atom is 0.0760 e. The average molecular weight is 309 g/mol. The van der Waals surface area contributed by atoms with Crippen molar-refractivity contribution in [3.8, 4) is 0 Å². The molecule has 0 saturated carbocycles. The van der Waals surface area contributed by atoms with Crippen LogP contribution in [0.4, 0.5) is 0 Å². The summed E-state index contributed by atoms with van der Waals surface area (Å²) in [5, 5.41) is 4.46. The minimum Gasteiger partial charge on any atom is -0.312 e. The molecule has 0 radical (unpaired) electrons. The largest absolute Gasteiger partial charge is 0.312 e. The van der Waals surface area contributed by atoms with Crippen LogP contribution in [0.15, 0.2) is 42.6 Å². The standard InChI is InChI=1S/C16H18Cl2N2/c1-19-15(16-14(18)10-13(17)11-20-16)9-5-8-12-6-3-2-4-7-12/h2-4,6-7,10-11,15,19H,5,8-9H2,1H3. The van der Waals surface area contributed by atoms with Crippen molar-refractivity contribution in [1.82, 2.24) is 10.3 Å². The van der Waals surface area contributed by atoms with E-state index in [0.717, 1.165) is 25.0 Å². The molecule has 0 aliphatic heterocycles. The van der Waals surface area contributed by atoms with Gasteiger partial charge in [-0.3, -0.25) is 4.98 Å². The maximum atomic E-state index is 6.21. The van der Waals surface area contributed by atoms with Gasteiger partial charge in [0.05, 0.1) is 21.8 Å². The highest BCUT2D eigenvalue weighted by atomic mass is 35.5. The van der Waals surface area contributed by atoms with Gasteiger partial charge in [0.2, 0.25) is 0 Å². The number of benzene rings is 1. The van der Waals surface area contributed by atoms with Crippen molar-refractivity contribution in [3.05, 3.63) is 63.9 Å². The van der Waals surface area contributed by atoms with Gasteiger partial charge in [0.25, 0.3) is 0 Å². The highest BCUT2D eigenvalue weighted by Gasteiger charge is 2.14. The number of rotatable bonds is 6. The van der Waals surface area contributed by atoms with E-state index in [0.29, 0.717) is 10.0 Å². The van der Waals surface area contributed by atoms with E-state index < -0.39 is 0 Å². The molecule has 1 N–H and O–H groups in total. The predicted octanol–water partition coefficient (Wildman–Crippen LogP) is 4.67. The molecule has 1 unspecified atom stereocenters. The maximum absolute atomic E-state index is 6.21. The van der Waals surface area contributed by atoms with Crippen LogP contribution in [-0.2, 0) is 6.42 Å². The summed E-state index contributed by atoms with van der Waals surface area (Å²) < 4.78 is 0. The normalized spacial score (nSPS) is 12.3. The quantitative estimate of drug-likeness (QED) is 0.838. The highest BCUT2D eigenvalue weighted by Crippen LogP contribution is 2.26. The van der Waals surface area contributed by atoms with Gasteiger partial charge in [-0.2, -0.15) is 0 Å². The molecule has 0 spiro atoms. The Kier molecular flexibility index (Phi) is 5.84. The number of aryl methyl sites for hydroxylation is 1. The van der Waals surface area contributed by atoms with Gasteiger partial charge in [-0.1, -0.05) is 53.5 Å². The SMILES string of the molecule is CNC(CCCc1ccccc1)c1ncc(Cl)cc1Cl. The molecule has 0 aliphatic rings. The number of aromatic nitrogens is 1. The lowest BCUT2D eigenvalue weighted by Crippen LogP contribution is -2.18. The fourth-order valence-corrected chi connectivity index (χ4v) is 2.77. The van der Waals surface area contributed by atoms with Crippen LogP contribution >= 0.6 is 23.2 Å². The van der Waals surface area contributed by atoms with Gasteiger partial charge in [-0.25, -0.2) is 0 Å². The lowest BCUT2D eigenvalue weighted by molar-refractivity contribution is 0.515. The Morgan fingerprint density at radius 3 is 2.60 bits per heavy atom. The summed E-state index contributed by atoms with van der Waals surface area (Å²) in [6.07, 6.45) is 4.77. The summed E-state index contributed by atoms with van der Waals surface area (Å²) in [7, 11) is 1.93. The van der Waals surface area contributed by atoms with Gasteiger partial charge in [0, 0.05) is 6.20 Å². The Morgan fingerprint density at radius 1 is 1.20 bits per heavy atom. The van der Waals surface area contributed by atoms with Crippen LogP contribution in [0.3, 0.4) is 0 Å². The third-order valence-electron chi connectivity index (χ3n) is 3.32. The van der Waals surface area contributed by atoms with Gasteiger partial charge in [-0.05, 0) is 37.9 Å². The number of nitrogens with one attached hydrogen (secondary N) is 1. The second-order valence-corrected chi connectivity index (χ2v) is 5.58. The Morgan fingerprint density at radius 2 is 1.95 bits per heavy atom. The molecule has 0 bridgehead atoms. The van der Waals surface area contributed by atoms with Gasteiger partial charge < -0.3 is 5.32 Å². The van der Waals surface area contributed by atoms with E-state index in [1.54, 1.807) is 12.3 Å². The first-order chi connectivity index (χ1) is 9.70. The molecule has 0 saturated heterocycles. The molecule has 2 rings (SSSR count). The molecule has 0 amide bonds. The van der Waals surface area contributed by atoms with Crippen LogP contribution in [0.5, 0.6) is 0 Å². The van der Waals surface area contributed by atoms with Crippen LogP contribution in [0, 0.1) is 0 Å². The highest BCUT2D eigenvalue weighted by molar-refractivity contribution is 6.34. The Balaban J connectivity index is 1.95. The summed E-state index contributed by atoms with van der Waals surface area (Å²) >= 11 is 12.1. The minimum atomic E-state index is 0.156. The molecule has 1 heterocycles. The number of hydrogen-bond acceptors (Lipinski definition) is 2. The first kappa shape index (κ1) is 15.3. The van der Waals surface area contributed by atoms with Crippen LogP contribution in [0.1, 0.15) is 30.1 Å². The third kappa shape index (κ3) is 4.20. The second-order valence-electron chi connectivity index (χ2n) is 4.74. The average Bonchev–Trinajstić information content (AvgIpc) is 2.46. The van der Waals surface area contributed by atoms with Crippen molar-refractivity contribution >= 4 is 23.2 Å². The molecule has 2 aromatic rings. The van der Waals surface area contributed by atoms with E-state index in [4.69, 9.17) is 23.2 Å². The van der Waals surface area contributed by atoms with Crippen molar-refractivity contribution in [2.75, 3.05) is 7.05 Å². The second kappa shape index (κ2) is 7.63. The molecule has 0 fully saturated rings. The third-order valence-corrected chi connectivity index (χ3v) is 3.83. The molecule has 0 aliphatic carbocycles. The van der Waals surface area contributed by atoms with Gasteiger partial charge in [0.1, 0.15) is 0 Å². The predicted molar refractivity (Wildman–Crippen MR) is 85.4 cm³/mol. The van der Waals surface area contributed by atoms with Gasteiger partial charge >= 0.3 is 0 Å². The van der Waals surface area contributed by atoms with Gasteiger partial charge in [0.15, 0.2) is 0 Å². The summed E-state index contributed by atoms with van der Waals surface area (Å²) in [4.78, 5) is 4.35. The summed E-state index contributed by atoms with van der Waals surface area (Å²) in [6.45, 7) is 0. The van der Waals surface area contributed by atoms with E-state index in [2.05, 4.69) is 34.6 Å². The summed E-state index contributed by atoms with van der Waals surface area (Å²) in [6, 6.07) is 12.4. The Labute approximate surface area is 130 Å². The van der Waals surface area contributed by atoms with Crippen LogP contribution in [-0.4, -0.2) is 12.0 Å². The molecule has 106 valence electrons. The number of pyridine rings is 1. The van der Waals surface area contributed by atoms with E-state index in [-0.39, 0.29) is 6.04 Å². The molecular formula is C16H18Cl2N2.